The van der Waals surface area contributed by atoms with Gasteiger partial charge >= 0.3 is 6.18 Å². The molecule has 4 aliphatic rings. The Labute approximate surface area is 323 Å². The predicted molar refractivity (Wildman–Crippen MR) is 198 cm³/mol. The van der Waals surface area contributed by atoms with Crippen molar-refractivity contribution in [2.45, 2.75) is 120 Å². The number of hydrogen-bond donors (Lipinski definition) is 4. The lowest BCUT2D eigenvalue weighted by Crippen LogP contribution is -2.57. The maximum atomic E-state index is 14.8. The van der Waals surface area contributed by atoms with Crippen LogP contribution in [0.3, 0.4) is 0 Å². The van der Waals surface area contributed by atoms with Gasteiger partial charge in [0.1, 0.15) is 17.7 Å². The number of carbonyl (C=O) groups excluding carboxylic acids is 5. The molecule has 55 heavy (non-hydrogen) atoms. The highest BCUT2D eigenvalue weighted by atomic mass is 35.5. The van der Waals surface area contributed by atoms with Crippen molar-refractivity contribution < 1.29 is 42.0 Å². The Hall–Kier alpha value is -4.43. The van der Waals surface area contributed by atoms with E-state index in [-0.39, 0.29) is 43.3 Å². The molecule has 4 N–H and O–H groups in total. The lowest BCUT2D eigenvalue weighted by molar-refractivity contribution is -0.144. The standard InChI is InChI=1S/C40H47ClF3N5O6/c1-2-9-30(35(51)37(53)45-28-16-17-28)47-36(52)33-22-39(21-32(48-55-39)26-13-8-14-27(41)19-26)23-49(33)38(54)31(46-34(50)18-24-10-4-3-5-11-24)20-25-12-6-7-15-29(25)40(42,43)44/h6-8,12-15,19,21,24,28,30-31,33,48H,2-5,9-11,16-18,20,22-23H2,1H3,(H,45,53)(H,46,50)(H,47,52)/t30-,31-,33-,39+/m0/s1. The Balaban J connectivity index is 1.32. The van der Waals surface area contributed by atoms with Crippen molar-refractivity contribution >= 4 is 46.7 Å². The van der Waals surface area contributed by atoms with Gasteiger partial charge in [0.05, 0.1) is 23.8 Å². The first-order chi connectivity index (χ1) is 26.2. The molecular weight excluding hydrogens is 739 g/mol. The molecule has 296 valence electrons. The van der Waals surface area contributed by atoms with Crippen molar-refractivity contribution in [2.75, 3.05) is 6.54 Å². The van der Waals surface area contributed by atoms with Gasteiger partial charge in [0.2, 0.25) is 23.5 Å². The maximum absolute atomic E-state index is 14.8. The minimum Gasteiger partial charge on any atom is -0.347 e. The van der Waals surface area contributed by atoms with Gasteiger partial charge in [-0.25, -0.2) is 0 Å². The van der Waals surface area contributed by atoms with Crippen molar-refractivity contribution in [2.24, 2.45) is 5.92 Å². The Kier molecular flexibility index (Phi) is 12.5. The van der Waals surface area contributed by atoms with E-state index in [1.807, 2.05) is 0 Å². The second-order valence-corrected chi connectivity index (χ2v) is 15.6. The van der Waals surface area contributed by atoms with Gasteiger partial charge in [-0.1, -0.05) is 74.5 Å². The van der Waals surface area contributed by atoms with E-state index in [2.05, 4.69) is 21.4 Å². The molecule has 15 heteroatoms. The molecule has 0 bridgehead atoms. The van der Waals surface area contributed by atoms with Gasteiger partial charge in [-0.3, -0.25) is 34.3 Å². The highest BCUT2D eigenvalue weighted by Gasteiger charge is 2.53. The number of ketones is 1. The average Bonchev–Trinajstić information content (AvgIpc) is 3.75. The van der Waals surface area contributed by atoms with E-state index < -0.39 is 71.3 Å². The van der Waals surface area contributed by atoms with Crippen molar-refractivity contribution in [1.29, 1.82) is 0 Å². The van der Waals surface area contributed by atoms with Crippen LogP contribution in [0, 0.1) is 5.92 Å². The van der Waals surface area contributed by atoms with E-state index in [1.54, 1.807) is 37.3 Å². The molecule has 0 unspecified atom stereocenters. The molecule has 11 nitrogen and oxygen atoms in total. The Bertz CT molecular complexity index is 1810. The zero-order valence-corrected chi connectivity index (χ0v) is 31.4. The minimum absolute atomic E-state index is 0.0821. The number of hydroxylamine groups is 1. The third-order valence-corrected chi connectivity index (χ3v) is 11.0. The lowest BCUT2D eigenvalue weighted by atomic mass is 9.86. The molecule has 2 aliphatic heterocycles. The van der Waals surface area contributed by atoms with E-state index in [4.69, 9.17) is 16.4 Å². The minimum atomic E-state index is -4.73. The first-order valence-corrected chi connectivity index (χ1v) is 19.5. The summed E-state index contributed by atoms with van der Waals surface area (Å²) in [6.07, 6.45) is 3.30. The summed E-state index contributed by atoms with van der Waals surface area (Å²) in [5.41, 5.74) is 1.63. The molecule has 1 saturated heterocycles. The average molecular weight is 786 g/mol. The molecule has 0 radical (unpaired) electrons. The van der Waals surface area contributed by atoms with Crippen LogP contribution in [-0.4, -0.2) is 70.6 Å². The molecule has 3 fully saturated rings. The maximum Gasteiger partial charge on any atom is 0.416 e. The van der Waals surface area contributed by atoms with Crippen molar-refractivity contribution in [3.05, 3.63) is 76.3 Å². The number of benzene rings is 2. The second-order valence-electron chi connectivity index (χ2n) is 15.2. The summed E-state index contributed by atoms with van der Waals surface area (Å²) in [4.78, 5) is 75.8. The van der Waals surface area contributed by atoms with E-state index in [0.29, 0.717) is 22.7 Å². The van der Waals surface area contributed by atoms with Crippen LogP contribution in [-0.2, 0) is 41.4 Å². The van der Waals surface area contributed by atoms with Crippen molar-refractivity contribution in [3.8, 4) is 0 Å². The van der Waals surface area contributed by atoms with Gasteiger partial charge in [-0.05, 0) is 67.9 Å². The highest BCUT2D eigenvalue weighted by Crippen LogP contribution is 2.39. The first kappa shape index (κ1) is 40.2. The molecule has 4 amide bonds. The zero-order valence-electron chi connectivity index (χ0n) is 30.7. The molecule has 0 aromatic heterocycles. The Morgan fingerprint density at radius 2 is 1.73 bits per heavy atom. The van der Waals surface area contributed by atoms with Gasteiger partial charge in [0.25, 0.3) is 5.91 Å². The number of hydrogen-bond acceptors (Lipinski definition) is 7. The third-order valence-electron chi connectivity index (χ3n) is 10.8. The Morgan fingerprint density at radius 3 is 2.42 bits per heavy atom. The van der Waals surface area contributed by atoms with Crippen molar-refractivity contribution in [1.82, 2.24) is 26.3 Å². The molecule has 2 heterocycles. The molecule has 2 aliphatic carbocycles. The molecule has 6 rings (SSSR count). The van der Waals surface area contributed by atoms with E-state index in [1.165, 1.54) is 23.1 Å². The molecule has 2 aromatic carbocycles. The second kappa shape index (κ2) is 17.2. The third kappa shape index (κ3) is 10.1. The highest BCUT2D eigenvalue weighted by molar-refractivity contribution is 6.38. The number of halogens is 4. The molecule has 2 aromatic rings. The van der Waals surface area contributed by atoms with Gasteiger partial charge < -0.3 is 20.9 Å². The van der Waals surface area contributed by atoms with Gasteiger partial charge in [-0.15, -0.1) is 0 Å². The van der Waals surface area contributed by atoms with Gasteiger partial charge in [-0.2, -0.15) is 13.2 Å². The van der Waals surface area contributed by atoms with Crippen LogP contribution in [0.15, 0.2) is 54.6 Å². The van der Waals surface area contributed by atoms with Gasteiger partial charge in [0, 0.05) is 35.9 Å². The topological polar surface area (TPSA) is 146 Å². The summed E-state index contributed by atoms with van der Waals surface area (Å²) < 4.78 is 42.6. The molecule has 1 spiro atoms. The first-order valence-electron chi connectivity index (χ1n) is 19.1. The normalized spacial score (nSPS) is 22.4. The summed E-state index contributed by atoms with van der Waals surface area (Å²) >= 11 is 6.24. The van der Waals surface area contributed by atoms with Crippen LogP contribution >= 0.6 is 11.6 Å². The van der Waals surface area contributed by atoms with E-state index in [9.17, 15) is 37.1 Å². The van der Waals surface area contributed by atoms with Crippen molar-refractivity contribution in [3.63, 3.8) is 0 Å². The van der Waals surface area contributed by atoms with Crippen LogP contribution in [0.2, 0.25) is 5.02 Å². The summed E-state index contributed by atoms with van der Waals surface area (Å²) in [5.74, 6) is -3.54. The SMILES string of the molecule is CCC[C@H](NC(=O)[C@@H]1C[C@]2(C=C(c3cccc(Cl)c3)NO2)CN1C(=O)[C@H](Cc1ccccc1C(F)(F)F)NC(=O)CC1CCCCC1)C(=O)C(=O)NC1CC1. The molecule has 4 atom stereocenters. The quantitative estimate of drug-likeness (QED) is 0.188. The fourth-order valence-corrected chi connectivity index (χ4v) is 7.98. The Morgan fingerprint density at radius 1 is 0.982 bits per heavy atom. The largest absolute Gasteiger partial charge is 0.416 e. The number of carbonyl (C=O) groups is 5. The van der Waals surface area contributed by atoms with Gasteiger partial charge in [0.15, 0.2) is 0 Å². The summed E-state index contributed by atoms with van der Waals surface area (Å²) in [7, 11) is 0. The van der Waals surface area contributed by atoms with E-state index >= 15 is 0 Å². The number of rotatable bonds is 14. The summed E-state index contributed by atoms with van der Waals surface area (Å²) in [6, 6.07) is 7.77. The number of nitrogens with one attached hydrogen (secondary N) is 4. The van der Waals surface area contributed by atoms with Crippen LogP contribution in [0.1, 0.15) is 94.2 Å². The smallest absolute Gasteiger partial charge is 0.347 e. The monoisotopic (exact) mass is 785 g/mol. The molecule has 2 saturated carbocycles. The number of Topliss-reactive ketones (excluding diaryl/α,β-unsaturated/α-hetero) is 1. The number of likely N-dealkylation sites (tertiary alicyclic amines) is 1. The fourth-order valence-electron chi connectivity index (χ4n) is 7.79. The van der Waals surface area contributed by atoms with Crippen LogP contribution in [0.25, 0.3) is 5.70 Å². The van der Waals surface area contributed by atoms with Crippen LogP contribution in [0.4, 0.5) is 13.2 Å². The predicted octanol–water partition coefficient (Wildman–Crippen LogP) is 5.40. The van der Waals surface area contributed by atoms with Crippen LogP contribution in [0.5, 0.6) is 0 Å². The van der Waals surface area contributed by atoms with Crippen LogP contribution < -0.4 is 21.4 Å². The zero-order chi connectivity index (χ0) is 39.3. The summed E-state index contributed by atoms with van der Waals surface area (Å²) in [6.45, 7) is 1.58. The van der Waals surface area contributed by atoms with E-state index in [0.717, 1.165) is 51.0 Å². The number of nitrogens with zero attached hydrogens (tertiary/aromatic N) is 1. The summed E-state index contributed by atoms with van der Waals surface area (Å²) in [5, 5.41) is 8.56. The lowest BCUT2D eigenvalue weighted by Gasteiger charge is -2.30. The fraction of sp³-hybridized carbons (Fsp3) is 0.525. The number of alkyl halides is 3. The molecular formula is C40H47ClF3N5O6. The number of amides is 4.